The molecule has 5 heterocycles. The van der Waals surface area contributed by atoms with Crippen molar-refractivity contribution in [2.75, 3.05) is 7.11 Å². The highest BCUT2D eigenvalue weighted by Gasteiger charge is 2.38. The molecular weight excluding hydrogens is 466 g/mol. The van der Waals surface area contributed by atoms with Crippen LogP contribution in [0.25, 0.3) is 22.7 Å². The standard InChI is InChI=1S/C28H21N7O2/c1-17-22-23(18-10-12-21(36-2)13-11-18)24-26-31-25(19-7-6-14-29-15-19)33-34(26)16-30-27(24)37-28(22)35(32-17)20-8-4-3-5-9-20/h3-16,23H,1-2H3/t23-/m1/s1. The fourth-order valence-corrected chi connectivity index (χ4v) is 4.87. The summed E-state index contributed by atoms with van der Waals surface area (Å²) in [6.45, 7) is 2.00. The van der Waals surface area contributed by atoms with Gasteiger partial charge in [-0.15, -0.1) is 5.10 Å². The van der Waals surface area contributed by atoms with Crippen molar-refractivity contribution >= 4 is 5.65 Å². The predicted molar refractivity (Wildman–Crippen MR) is 136 cm³/mol. The Balaban J connectivity index is 1.49. The molecule has 0 aliphatic carbocycles. The molecule has 180 valence electrons. The average molecular weight is 488 g/mol. The largest absolute Gasteiger partial charge is 0.497 e. The van der Waals surface area contributed by atoms with Crippen molar-refractivity contribution < 1.29 is 9.47 Å². The van der Waals surface area contributed by atoms with E-state index in [9.17, 15) is 0 Å². The minimum Gasteiger partial charge on any atom is -0.497 e. The number of benzene rings is 2. The molecule has 0 spiro atoms. The zero-order valence-electron chi connectivity index (χ0n) is 20.1. The molecule has 0 fully saturated rings. The third-order valence-electron chi connectivity index (χ3n) is 6.59. The van der Waals surface area contributed by atoms with Crippen molar-refractivity contribution in [2.45, 2.75) is 12.8 Å². The number of hydrogen-bond donors (Lipinski definition) is 0. The van der Waals surface area contributed by atoms with Crippen LogP contribution < -0.4 is 9.47 Å². The first-order valence-electron chi connectivity index (χ1n) is 11.8. The van der Waals surface area contributed by atoms with Crippen LogP contribution in [-0.2, 0) is 0 Å². The number of rotatable bonds is 4. The van der Waals surface area contributed by atoms with E-state index in [0.29, 0.717) is 23.2 Å². The van der Waals surface area contributed by atoms with Gasteiger partial charge in [-0.05, 0) is 48.9 Å². The molecule has 0 unspecified atom stereocenters. The van der Waals surface area contributed by atoms with Gasteiger partial charge >= 0.3 is 0 Å². The lowest BCUT2D eigenvalue weighted by Gasteiger charge is -2.26. The minimum atomic E-state index is -0.232. The van der Waals surface area contributed by atoms with E-state index in [1.54, 1.807) is 30.3 Å². The van der Waals surface area contributed by atoms with Crippen molar-refractivity contribution in [3.63, 3.8) is 0 Å². The van der Waals surface area contributed by atoms with Gasteiger partial charge in [0, 0.05) is 18.0 Å². The molecule has 9 nitrogen and oxygen atoms in total. The maximum atomic E-state index is 6.47. The summed E-state index contributed by atoms with van der Waals surface area (Å²) in [5.41, 5.74) is 6.10. The monoisotopic (exact) mass is 487 g/mol. The number of aromatic nitrogens is 7. The summed E-state index contributed by atoms with van der Waals surface area (Å²) in [4.78, 5) is 13.8. The molecule has 0 saturated heterocycles. The van der Waals surface area contributed by atoms with Crippen molar-refractivity contribution in [1.29, 1.82) is 0 Å². The number of fused-ring (bicyclic) bond motifs is 4. The summed E-state index contributed by atoms with van der Waals surface area (Å²) < 4.78 is 15.4. The van der Waals surface area contributed by atoms with E-state index in [0.717, 1.165) is 39.4 Å². The van der Waals surface area contributed by atoms with E-state index in [4.69, 9.17) is 19.6 Å². The normalized spacial score (nSPS) is 14.2. The van der Waals surface area contributed by atoms with E-state index in [2.05, 4.69) is 27.2 Å². The molecule has 1 aliphatic rings. The van der Waals surface area contributed by atoms with Gasteiger partial charge in [-0.25, -0.2) is 19.2 Å². The molecule has 0 radical (unpaired) electrons. The first-order chi connectivity index (χ1) is 18.2. The van der Waals surface area contributed by atoms with Gasteiger partial charge in [-0.2, -0.15) is 5.10 Å². The van der Waals surface area contributed by atoms with Gasteiger partial charge in [0.25, 0.3) is 0 Å². The highest BCUT2D eigenvalue weighted by molar-refractivity contribution is 5.68. The lowest BCUT2D eigenvalue weighted by Crippen LogP contribution is -2.16. The van der Waals surface area contributed by atoms with Gasteiger partial charge in [-0.3, -0.25) is 4.98 Å². The van der Waals surface area contributed by atoms with Crippen molar-refractivity contribution in [1.82, 2.24) is 34.3 Å². The first kappa shape index (κ1) is 21.3. The van der Waals surface area contributed by atoms with Crippen LogP contribution >= 0.6 is 0 Å². The van der Waals surface area contributed by atoms with Crippen LogP contribution in [0.15, 0.2) is 85.5 Å². The van der Waals surface area contributed by atoms with Crippen molar-refractivity contribution in [3.8, 4) is 34.6 Å². The summed E-state index contributed by atoms with van der Waals surface area (Å²) >= 11 is 0. The maximum Gasteiger partial charge on any atom is 0.230 e. The number of methoxy groups -OCH3 is 1. The number of hydrogen-bond acceptors (Lipinski definition) is 7. The molecule has 1 atom stereocenters. The molecule has 4 aromatic heterocycles. The summed E-state index contributed by atoms with van der Waals surface area (Å²) in [7, 11) is 1.66. The number of aryl methyl sites for hydroxylation is 1. The second kappa shape index (κ2) is 8.27. The van der Waals surface area contributed by atoms with E-state index in [1.807, 2.05) is 66.2 Å². The van der Waals surface area contributed by atoms with Gasteiger partial charge in [0.1, 0.15) is 12.1 Å². The third-order valence-corrected chi connectivity index (χ3v) is 6.59. The zero-order valence-corrected chi connectivity index (χ0v) is 20.1. The first-order valence-corrected chi connectivity index (χ1v) is 11.8. The van der Waals surface area contributed by atoms with Crippen LogP contribution in [0.3, 0.4) is 0 Å². The fraction of sp³-hybridized carbons (Fsp3) is 0.107. The van der Waals surface area contributed by atoms with E-state index in [1.165, 1.54) is 0 Å². The molecule has 0 saturated carbocycles. The second-order valence-electron chi connectivity index (χ2n) is 8.77. The smallest absolute Gasteiger partial charge is 0.230 e. The topological polar surface area (TPSA) is 92.2 Å². The molecular formula is C28H21N7O2. The van der Waals surface area contributed by atoms with Crippen molar-refractivity contribution in [3.05, 3.63) is 108 Å². The molecule has 0 bridgehead atoms. The lowest BCUT2D eigenvalue weighted by atomic mass is 9.84. The Labute approximate surface area is 212 Å². The van der Waals surface area contributed by atoms with Crippen LogP contribution in [0, 0.1) is 6.92 Å². The van der Waals surface area contributed by atoms with Crippen LogP contribution in [0.1, 0.15) is 28.3 Å². The van der Waals surface area contributed by atoms with Crippen LogP contribution in [0.4, 0.5) is 0 Å². The third kappa shape index (κ3) is 3.35. The van der Waals surface area contributed by atoms with E-state index < -0.39 is 0 Å². The summed E-state index contributed by atoms with van der Waals surface area (Å²) in [6.07, 6.45) is 5.11. The van der Waals surface area contributed by atoms with Gasteiger partial charge in [0.2, 0.25) is 11.8 Å². The number of ether oxygens (including phenoxy) is 2. The number of para-hydroxylation sites is 1. The van der Waals surface area contributed by atoms with Gasteiger partial charge in [0.05, 0.1) is 35.5 Å². The van der Waals surface area contributed by atoms with Crippen LogP contribution in [-0.4, -0.2) is 41.5 Å². The van der Waals surface area contributed by atoms with Crippen LogP contribution in [0.2, 0.25) is 0 Å². The van der Waals surface area contributed by atoms with Crippen molar-refractivity contribution in [2.24, 2.45) is 0 Å². The Morgan fingerprint density at radius 1 is 0.919 bits per heavy atom. The van der Waals surface area contributed by atoms with Gasteiger partial charge in [-0.1, -0.05) is 30.3 Å². The summed E-state index contributed by atoms with van der Waals surface area (Å²) in [5.74, 6) is 2.23. The maximum absolute atomic E-state index is 6.47. The Morgan fingerprint density at radius 3 is 2.51 bits per heavy atom. The second-order valence-corrected chi connectivity index (χ2v) is 8.77. The Hall–Kier alpha value is -5.05. The van der Waals surface area contributed by atoms with Gasteiger partial charge < -0.3 is 9.47 Å². The quantitative estimate of drug-likeness (QED) is 0.346. The number of pyridine rings is 1. The van der Waals surface area contributed by atoms with E-state index >= 15 is 0 Å². The van der Waals surface area contributed by atoms with Gasteiger partial charge in [0.15, 0.2) is 11.5 Å². The highest BCUT2D eigenvalue weighted by Crippen LogP contribution is 2.49. The van der Waals surface area contributed by atoms with Crippen LogP contribution in [0.5, 0.6) is 17.5 Å². The molecule has 37 heavy (non-hydrogen) atoms. The predicted octanol–water partition coefficient (Wildman–Crippen LogP) is 4.97. The lowest BCUT2D eigenvalue weighted by molar-refractivity contribution is 0.402. The number of nitrogens with zero attached hydrogens (tertiary/aromatic N) is 7. The Kier molecular flexibility index (Phi) is 4.75. The zero-order chi connectivity index (χ0) is 24.9. The SMILES string of the molecule is COc1ccc([C@@H]2c3c(C)nn(-c4ccccc4)c3Oc3ncn4nc(-c5cccnc5)nc4c32)cc1. The fourth-order valence-electron chi connectivity index (χ4n) is 4.87. The molecule has 7 rings (SSSR count). The summed E-state index contributed by atoms with van der Waals surface area (Å²) in [5, 5.41) is 9.56. The Bertz CT molecular complexity index is 1740. The highest BCUT2D eigenvalue weighted by atomic mass is 16.5. The summed E-state index contributed by atoms with van der Waals surface area (Å²) in [6, 6.07) is 21.8. The molecule has 1 aliphatic heterocycles. The molecule has 6 aromatic rings. The average Bonchev–Trinajstić information content (AvgIpc) is 3.54. The molecule has 2 aromatic carbocycles. The van der Waals surface area contributed by atoms with E-state index in [-0.39, 0.29) is 5.92 Å². The molecule has 9 heteroatoms. The minimum absolute atomic E-state index is 0.232. The molecule has 0 amide bonds. The Morgan fingerprint density at radius 2 is 1.76 bits per heavy atom. The molecule has 0 N–H and O–H groups in total.